The summed E-state index contributed by atoms with van der Waals surface area (Å²) < 4.78 is 7.41. The molecular formula is C11H11NO3Se. The Bertz CT molecular complexity index is 400. The maximum atomic E-state index is 11.4. The van der Waals surface area contributed by atoms with Gasteiger partial charge in [-0.05, 0) is 0 Å². The molecule has 0 unspecified atom stereocenters. The van der Waals surface area contributed by atoms with E-state index in [0.29, 0.717) is 12.8 Å². The van der Waals surface area contributed by atoms with E-state index in [0.717, 1.165) is 10.2 Å². The number of rotatable bonds is 3. The quantitative estimate of drug-likeness (QED) is 0.584. The van der Waals surface area contributed by atoms with Gasteiger partial charge in [-0.25, -0.2) is 0 Å². The molecule has 0 atom stereocenters. The zero-order chi connectivity index (χ0) is 11.5. The second kappa shape index (κ2) is 4.68. The summed E-state index contributed by atoms with van der Waals surface area (Å²) >= 11 is -0.239. The van der Waals surface area contributed by atoms with Crippen molar-refractivity contribution in [1.29, 1.82) is 0 Å². The molecule has 0 aromatic heterocycles. The van der Waals surface area contributed by atoms with Crippen LogP contribution >= 0.6 is 0 Å². The SMILES string of the molecule is COc1ccc([Se]N2C(=O)CCC2=O)cc1. The molecule has 1 aliphatic heterocycles. The molecule has 0 aliphatic carbocycles. The zero-order valence-corrected chi connectivity index (χ0v) is 10.5. The van der Waals surface area contributed by atoms with Crippen molar-refractivity contribution in [2.45, 2.75) is 12.8 Å². The van der Waals surface area contributed by atoms with Crippen LogP contribution in [-0.4, -0.2) is 38.0 Å². The topological polar surface area (TPSA) is 46.6 Å². The van der Waals surface area contributed by atoms with Crippen molar-refractivity contribution in [3.05, 3.63) is 24.3 Å². The second-order valence-electron chi connectivity index (χ2n) is 3.35. The first-order valence-corrected chi connectivity index (χ1v) is 6.51. The van der Waals surface area contributed by atoms with E-state index in [-0.39, 0.29) is 27.0 Å². The number of carbonyl (C=O) groups excluding carboxylic acids is 2. The van der Waals surface area contributed by atoms with Gasteiger partial charge in [0.05, 0.1) is 0 Å². The van der Waals surface area contributed by atoms with Crippen molar-refractivity contribution in [2.24, 2.45) is 0 Å². The summed E-state index contributed by atoms with van der Waals surface area (Å²) in [5.41, 5.74) is 0. The molecule has 1 saturated heterocycles. The van der Waals surface area contributed by atoms with Crippen LogP contribution in [0.15, 0.2) is 24.3 Å². The second-order valence-corrected chi connectivity index (χ2v) is 5.49. The Hall–Kier alpha value is -1.32. The number of imide groups is 1. The van der Waals surface area contributed by atoms with E-state index in [1.165, 1.54) is 3.92 Å². The van der Waals surface area contributed by atoms with Crippen molar-refractivity contribution in [3.63, 3.8) is 0 Å². The average Bonchev–Trinajstić information content (AvgIpc) is 2.62. The van der Waals surface area contributed by atoms with Gasteiger partial charge in [0.1, 0.15) is 0 Å². The summed E-state index contributed by atoms with van der Waals surface area (Å²) in [7, 11) is 1.60. The third-order valence-electron chi connectivity index (χ3n) is 2.26. The van der Waals surface area contributed by atoms with Gasteiger partial charge in [0.15, 0.2) is 0 Å². The Morgan fingerprint density at radius 1 is 1.12 bits per heavy atom. The predicted octanol–water partition coefficient (Wildman–Crippen LogP) is 0.0887. The Labute approximate surface area is 99.9 Å². The molecule has 1 aliphatic rings. The molecule has 4 nitrogen and oxygen atoms in total. The van der Waals surface area contributed by atoms with Crippen LogP contribution in [0.3, 0.4) is 0 Å². The molecule has 2 rings (SSSR count). The van der Waals surface area contributed by atoms with Crippen LogP contribution in [0.5, 0.6) is 5.75 Å². The normalized spacial score (nSPS) is 15.7. The first-order chi connectivity index (χ1) is 7.70. The molecule has 0 saturated carbocycles. The molecule has 5 heteroatoms. The minimum atomic E-state index is -0.239. The van der Waals surface area contributed by atoms with Gasteiger partial charge in [0.2, 0.25) is 0 Å². The van der Waals surface area contributed by atoms with Gasteiger partial charge in [0.25, 0.3) is 0 Å². The van der Waals surface area contributed by atoms with Crippen molar-refractivity contribution >= 4 is 31.5 Å². The number of hydrogen-bond acceptors (Lipinski definition) is 3. The Kier molecular flexibility index (Phi) is 3.27. The fourth-order valence-electron chi connectivity index (χ4n) is 1.40. The molecule has 16 heavy (non-hydrogen) atoms. The summed E-state index contributed by atoms with van der Waals surface area (Å²) in [6.45, 7) is 0. The number of carbonyl (C=O) groups is 2. The third kappa shape index (κ3) is 2.26. The summed E-state index contributed by atoms with van der Waals surface area (Å²) in [6.07, 6.45) is 0.716. The molecule has 0 spiro atoms. The monoisotopic (exact) mass is 285 g/mol. The maximum absolute atomic E-state index is 11.4. The molecule has 1 fully saturated rings. The van der Waals surface area contributed by atoms with Gasteiger partial charge in [-0.3, -0.25) is 0 Å². The standard InChI is InChI=1S/C11H11NO3Se/c1-15-8-2-4-9(5-3-8)16-12-10(13)6-7-11(12)14/h2-5H,6-7H2,1H3. The van der Waals surface area contributed by atoms with Crippen molar-refractivity contribution < 1.29 is 14.3 Å². The van der Waals surface area contributed by atoms with Crippen LogP contribution < -0.4 is 9.20 Å². The van der Waals surface area contributed by atoms with E-state index in [2.05, 4.69) is 0 Å². The first-order valence-electron chi connectivity index (χ1n) is 4.88. The van der Waals surface area contributed by atoms with Gasteiger partial charge in [-0.2, -0.15) is 0 Å². The van der Waals surface area contributed by atoms with Gasteiger partial charge in [-0.15, -0.1) is 0 Å². The van der Waals surface area contributed by atoms with Gasteiger partial charge < -0.3 is 0 Å². The minimum absolute atomic E-state index is 0.0548. The van der Waals surface area contributed by atoms with E-state index < -0.39 is 0 Å². The predicted molar refractivity (Wildman–Crippen MR) is 59.5 cm³/mol. The fourth-order valence-corrected chi connectivity index (χ4v) is 3.19. The molecule has 1 aromatic rings. The number of ether oxygens (including phenoxy) is 1. The number of nitrogens with zero attached hydrogens (tertiary/aromatic N) is 1. The first kappa shape index (κ1) is 11.2. The third-order valence-corrected chi connectivity index (χ3v) is 4.51. The Morgan fingerprint density at radius 2 is 1.69 bits per heavy atom. The van der Waals surface area contributed by atoms with Gasteiger partial charge in [0, 0.05) is 0 Å². The number of amides is 2. The fraction of sp³-hybridized carbons (Fsp3) is 0.273. The van der Waals surface area contributed by atoms with Crippen LogP contribution in [0.4, 0.5) is 0 Å². The number of benzene rings is 1. The summed E-state index contributed by atoms with van der Waals surface area (Å²) in [5, 5.41) is 0. The molecule has 0 radical (unpaired) electrons. The number of methoxy groups -OCH3 is 1. The molecule has 0 bridgehead atoms. The van der Waals surface area contributed by atoms with E-state index in [9.17, 15) is 9.59 Å². The molecule has 2 amide bonds. The molecule has 1 heterocycles. The van der Waals surface area contributed by atoms with Crippen LogP contribution in [0.2, 0.25) is 0 Å². The Morgan fingerprint density at radius 3 is 2.19 bits per heavy atom. The van der Waals surface area contributed by atoms with Crippen LogP contribution in [0.1, 0.15) is 12.8 Å². The van der Waals surface area contributed by atoms with Crippen LogP contribution in [0, 0.1) is 0 Å². The summed E-state index contributed by atoms with van der Waals surface area (Å²) in [5.74, 6) is 0.667. The van der Waals surface area contributed by atoms with Crippen LogP contribution in [-0.2, 0) is 9.59 Å². The molecule has 1 aromatic carbocycles. The van der Waals surface area contributed by atoms with Crippen molar-refractivity contribution in [1.82, 2.24) is 3.92 Å². The van der Waals surface area contributed by atoms with Gasteiger partial charge >= 0.3 is 99.7 Å². The molecule has 0 N–H and O–H groups in total. The Balaban J connectivity index is 2.08. The van der Waals surface area contributed by atoms with E-state index >= 15 is 0 Å². The van der Waals surface area contributed by atoms with E-state index in [4.69, 9.17) is 4.74 Å². The average molecular weight is 284 g/mol. The van der Waals surface area contributed by atoms with E-state index in [1.807, 2.05) is 24.3 Å². The molecular weight excluding hydrogens is 273 g/mol. The number of hydrogen-bond donors (Lipinski definition) is 0. The summed E-state index contributed by atoms with van der Waals surface area (Å²) in [6, 6.07) is 7.44. The van der Waals surface area contributed by atoms with Crippen LogP contribution in [0.25, 0.3) is 0 Å². The summed E-state index contributed by atoms with van der Waals surface area (Å²) in [4.78, 5) is 22.8. The molecule has 84 valence electrons. The van der Waals surface area contributed by atoms with Crippen molar-refractivity contribution in [3.8, 4) is 5.75 Å². The van der Waals surface area contributed by atoms with E-state index in [1.54, 1.807) is 7.11 Å². The van der Waals surface area contributed by atoms with Crippen molar-refractivity contribution in [2.75, 3.05) is 7.11 Å². The zero-order valence-electron chi connectivity index (χ0n) is 8.80. The van der Waals surface area contributed by atoms with Gasteiger partial charge in [-0.1, -0.05) is 0 Å².